The van der Waals surface area contributed by atoms with Gasteiger partial charge in [-0.25, -0.2) is 4.98 Å². The number of carboxylic acids is 2. The number of pyridine rings is 1. The average Bonchev–Trinajstić information content (AvgIpc) is 3.03. The van der Waals surface area contributed by atoms with Gasteiger partial charge in [-0.2, -0.15) is 0 Å². The molecule has 1 heterocycles. The Morgan fingerprint density at radius 1 is 0.581 bits per heavy atom. The number of hydrogen-bond acceptors (Lipinski definition) is 4. The topological polar surface area (TPSA) is 96.7 Å². The molecule has 4 aromatic rings. The van der Waals surface area contributed by atoms with Crippen LogP contribution in [-0.4, -0.2) is 33.7 Å². The highest BCUT2D eigenvalue weighted by Crippen LogP contribution is 2.29. The molecule has 0 aliphatic rings. The molecule has 4 rings (SSSR count). The van der Waals surface area contributed by atoms with Crippen molar-refractivity contribution in [3.8, 4) is 28.3 Å². The number of aromatic nitrogens is 1. The summed E-state index contributed by atoms with van der Waals surface area (Å²) < 4.78 is 6.14. The SMILES string of the molecule is O=C(O)CCCCc1ccc(CCCCCCOc2cc(-c3ccccc3)cc(-c3ccccc3)n2)c(CCC(=O)O)c1. The van der Waals surface area contributed by atoms with E-state index < -0.39 is 11.9 Å². The van der Waals surface area contributed by atoms with Crippen LogP contribution in [0.5, 0.6) is 5.88 Å². The second-order valence-corrected chi connectivity index (χ2v) is 10.9. The van der Waals surface area contributed by atoms with E-state index in [1.54, 1.807) is 0 Å². The largest absolute Gasteiger partial charge is 0.481 e. The first kappa shape index (κ1) is 31.5. The van der Waals surface area contributed by atoms with Gasteiger partial charge in [-0.3, -0.25) is 9.59 Å². The average molecular weight is 580 g/mol. The zero-order chi connectivity index (χ0) is 30.3. The van der Waals surface area contributed by atoms with Crippen LogP contribution in [0.1, 0.15) is 68.1 Å². The molecule has 0 spiro atoms. The predicted molar refractivity (Wildman–Crippen MR) is 170 cm³/mol. The van der Waals surface area contributed by atoms with Crippen molar-refractivity contribution in [3.05, 3.63) is 108 Å². The van der Waals surface area contributed by atoms with Crippen molar-refractivity contribution >= 4 is 11.9 Å². The Hall–Kier alpha value is -4.45. The molecule has 0 bridgehead atoms. The minimum Gasteiger partial charge on any atom is -0.481 e. The number of unbranched alkanes of at least 4 members (excludes halogenated alkanes) is 4. The third-order valence-corrected chi connectivity index (χ3v) is 7.55. The lowest BCUT2D eigenvalue weighted by Gasteiger charge is -2.12. The summed E-state index contributed by atoms with van der Waals surface area (Å²) in [6.45, 7) is 0.597. The standard InChI is InChI=1S/C37H41NO5/c39-36(40)19-11-10-13-28-20-21-30(32(25-28)22-23-37(41)42)16-5-1-2-12-24-43-35-27-33(29-14-6-3-7-15-29)26-34(38-35)31-17-8-4-9-18-31/h3-4,6-9,14-15,17-18,20-21,25-27H,1-2,5,10-13,16,19,22-24H2,(H,39,40)(H,41,42). The molecule has 0 amide bonds. The number of ether oxygens (including phenoxy) is 1. The molecule has 6 nitrogen and oxygen atoms in total. The molecule has 43 heavy (non-hydrogen) atoms. The molecule has 0 radical (unpaired) electrons. The summed E-state index contributed by atoms with van der Waals surface area (Å²) in [4.78, 5) is 26.8. The highest BCUT2D eigenvalue weighted by molar-refractivity contribution is 5.71. The quantitative estimate of drug-likeness (QED) is 0.115. The van der Waals surface area contributed by atoms with E-state index >= 15 is 0 Å². The van der Waals surface area contributed by atoms with Crippen molar-refractivity contribution in [2.24, 2.45) is 0 Å². The summed E-state index contributed by atoms with van der Waals surface area (Å²) in [7, 11) is 0. The first-order chi connectivity index (χ1) is 21.0. The number of aliphatic carboxylic acids is 2. The lowest BCUT2D eigenvalue weighted by molar-refractivity contribution is -0.138. The molecule has 0 aliphatic heterocycles. The van der Waals surface area contributed by atoms with Crippen LogP contribution in [0.2, 0.25) is 0 Å². The van der Waals surface area contributed by atoms with E-state index in [1.807, 2.05) is 42.5 Å². The van der Waals surface area contributed by atoms with Crippen molar-refractivity contribution in [3.63, 3.8) is 0 Å². The molecule has 0 saturated carbocycles. The number of benzene rings is 3. The lowest BCUT2D eigenvalue weighted by Crippen LogP contribution is -2.03. The summed E-state index contributed by atoms with van der Waals surface area (Å²) in [6.07, 6.45) is 8.04. The highest BCUT2D eigenvalue weighted by Gasteiger charge is 2.10. The molecule has 0 unspecified atom stereocenters. The summed E-state index contributed by atoms with van der Waals surface area (Å²) in [6, 6.07) is 30.9. The van der Waals surface area contributed by atoms with E-state index in [1.165, 1.54) is 5.56 Å². The maximum atomic E-state index is 11.2. The van der Waals surface area contributed by atoms with E-state index in [0.717, 1.165) is 78.5 Å². The van der Waals surface area contributed by atoms with Crippen LogP contribution in [0.15, 0.2) is 91.0 Å². The minimum atomic E-state index is -0.794. The predicted octanol–water partition coefficient (Wildman–Crippen LogP) is 8.41. The van der Waals surface area contributed by atoms with Gasteiger partial charge in [0.05, 0.1) is 12.3 Å². The molecule has 224 valence electrons. The molecule has 0 fully saturated rings. The Labute approximate surface area is 254 Å². The molecule has 6 heteroatoms. The van der Waals surface area contributed by atoms with E-state index in [0.29, 0.717) is 25.3 Å². The summed E-state index contributed by atoms with van der Waals surface area (Å²) >= 11 is 0. The fraction of sp³-hybridized carbons (Fsp3) is 0.324. The van der Waals surface area contributed by atoms with Crippen molar-refractivity contribution in [2.75, 3.05) is 6.61 Å². The molecule has 3 aromatic carbocycles. The second-order valence-electron chi connectivity index (χ2n) is 10.9. The first-order valence-corrected chi connectivity index (χ1v) is 15.3. The van der Waals surface area contributed by atoms with Gasteiger partial charge < -0.3 is 14.9 Å². The number of carboxylic acid groups (broad SMARTS) is 2. The maximum absolute atomic E-state index is 11.2. The zero-order valence-corrected chi connectivity index (χ0v) is 24.7. The Balaban J connectivity index is 1.27. The van der Waals surface area contributed by atoms with Gasteiger partial charge in [-0.15, -0.1) is 0 Å². The molecule has 2 N–H and O–H groups in total. The fourth-order valence-corrected chi connectivity index (χ4v) is 5.24. The van der Waals surface area contributed by atoms with Crippen LogP contribution < -0.4 is 4.74 Å². The van der Waals surface area contributed by atoms with Crippen LogP contribution in [0.4, 0.5) is 0 Å². The van der Waals surface area contributed by atoms with Gasteiger partial charge >= 0.3 is 11.9 Å². The Bertz CT molecular complexity index is 1400. The van der Waals surface area contributed by atoms with Crippen LogP contribution in [0.25, 0.3) is 22.4 Å². The second kappa shape index (κ2) is 16.9. The lowest BCUT2D eigenvalue weighted by atomic mass is 9.94. The van der Waals surface area contributed by atoms with Crippen LogP contribution in [0, 0.1) is 0 Å². The van der Waals surface area contributed by atoms with Crippen molar-refractivity contribution in [1.82, 2.24) is 4.98 Å². The third-order valence-electron chi connectivity index (χ3n) is 7.55. The van der Waals surface area contributed by atoms with Crippen LogP contribution >= 0.6 is 0 Å². The van der Waals surface area contributed by atoms with Gasteiger partial charge in [0.25, 0.3) is 0 Å². The van der Waals surface area contributed by atoms with Crippen LogP contribution in [0.3, 0.4) is 0 Å². The minimum absolute atomic E-state index is 0.109. The van der Waals surface area contributed by atoms with Gasteiger partial charge in [-0.1, -0.05) is 91.7 Å². The number of carbonyl (C=O) groups is 2. The summed E-state index contributed by atoms with van der Waals surface area (Å²) in [5.74, 6) is -0.931. The molecule has 0 aliphatic carbocycles. The summed E-state index contributed by atoms with van der Waals surface area (Å²) in [5.41, 5.74) is 7.60. The smallest absolute Gasteiger partial charge is 0.303 e. The normalized spacial score (nSPS) is 10.9. The molecule has 1 aromatic heterocycles. The van der Waals surface area contributed by atoms with E-state index in [2.05, 4.69) is 48.5 Å². The van der Waals surface area contributed by atoms with Crippen molar-refractivity contribution in [2.45, 2.75) is 70.6 Å². The van der Waals surface area contributed by atoms with Crippen molar-refractivity contribution in [1.29, 1.82) is 0 Å². The van der Waals surface area contributed by atoms with E-state index in [-0.39, 0.29) is 12.8 Å². The highest BCUT2D eigenvalue weighted by atomic mass is 16.5. The number of nitrogens with zero attached hydrogens (tertiary/aromatic N) is 1. The molecule has 0 saturated heterocycles. The van der Waals surface area contributed by atoms with Gasteiger partial charge in [0.15, 0.2) is 0 Å². The number of hydrogen-bond donors (Lipinski definition) is 2. The maximum Gasteiger partial charge on any atom is 0.303 e. The molecule has 0 atom stereocenters. The van der Waals surface area contributed by atoms with Crippen LogP contribution in [-0.2, 0) is 28.9 Å². The van der Waals surface area contributed by atoms with Gasteiger partial charge in [-0.05, 0) is 78.8 Å². The van der Waals surface area contributed by atoms with E-state index in [4.69, 9.17) is 14.8 Å². The zero-order valence-electron chi connectivity index (χ0n) is 24.7. The molecular weight excluding hydrogens is 538 g/mol. The summed E-state index contributed by atoms with van der Waals surface area (Å²) in [5, 5.41) is 18.1. The number of aryl methyl sites for hydroxylation is 3. The monoisotopic (exact) mass is 579 g/mol. The third kappa shape index (κ3) is 10.7. The van der Waals surface area contributed by atoms with Crippen molar-refractivity contribution < 1.29 is 24.5 Å². The Kier molecular flexibility index (Phi) is 12.3. The van der Waals surface area contributed by atoms with E-state index in [9.17, 15) is 14.7 Å². The Morgan fingerprint density at radius 3 is 1.98 bits per heavy atom. The molecular formula is C37H41NO5. The Morgan fingerprint density at radius 2 is 1.26 bits per heavy atom. The fourth-order valence-electron chi connectivity index (χ4n) is 5.24. The number of rotatable bonds is 18. The first-order valence-electron chi connectivity index (χ1n) is 15.3. The van der Waals surface area contributed by atoms with Gasteiger partial charge in [0, 0.05) is 24.5 Å². The van der Waals surface area contributed by atoms with Gasteiger partial charge in [0.1, 0.15) is 0 Å². The van der Waals surface area contributed by atoms with Gasteiger partial charge in [0.2, 0.25) is 5.88 Å².